The highest BCUT2D eigenvalue weighted by molar-refractivity contribution is 5.96. The van der Waals surface area contributed by atoms with Gasteiger partial charge in [-0.1, -0.05) is 32.0 Å². The van der Waals surface area contributed by atoms with Crippen LogP contribution in [-0.4, -0.2) is 35.4 Å². The fourth-order valence-electron chi connectivity index (χ4n) is 1.62. The molecule has 0 atom stereocenters. The van der Waals surface area contributed by atoms with Crippen molar-refractivity contribution < 1.29 is 15.0 Å². The quantitative estimate of drug-likeness (QED) is 0.712. The van der Waals surface area contributed by atoms with Crippen molar-refractivity contribution in [2.75, 3.05) is 13.2 Å². The highest BCUT2D eigenvalue weighted by Crippen LogP contribution is 2.18. The number of aliphatic hydroxyl groups excluding tert-OH is 2. The smallest absolute Gasteiger partial charge is 0.251 e. The Balaban J connectivity index is 2.88. The van der Waals surface area contributed by atoms with Crippen molar-refractivity contribution in [1.82, 2.24) is 5.32 Å². The van der Waals surface area contributed by atoms with Gasteiger partial charge in [-0.3, -0.25) is 4.79 Å². The zero-order valence-corrected chi connectivity index (χ0v) is 10.2. The van der Waals surface area contributed by atoms with E-state index in [0.29, 0.717) is 5.56 Å². The number of benzene rings is 1. The Labute approximate surface area is 101 Å². The largest absolute Gasteiger partial charge is 0.394 e. The van der Waals surface area contributed by atoms with Crippen molar-refractivity contribution in [2.24, 2.45) is 0 Å². The molecule has 0 aromatic heterocycles. The number of aliphatic hydroxyl groups is 2. The first-order valence-corrected chi connectivity index (χ1v) is 5.71. The van der Waals surface area contributed by atoms with E-state index in [4.69, 9.17) is 10.2 Å². The summed E-state index contributed by atoms with van der Waals surface area (Å²) in [5, 5.41) is 20.4. The van der Waals surface area contributed by atoms with Gasteiger partial charge in [0.1, 0.15) is 0 Å². The Morgan fingerprint density at radius 3 is 2.35 bits per heavy atom. The lowest BCUT2D eigenvalue weighted by Gasteiger charge is -2.16. The summed E-state index contributed by atoms with van der Waals surface area (Å²) in [5.74, 6) is -0.0129. The predicted octanol–water partition coefficient (Wildman–Crippen LogP) is 0.893. The van der Waals surface area contributed by atoms with Gasteiger partial charge in [0, 0.05) is 5.56 Å². The van der Waals surface area contributed by atoms with Gasteiger partial charge in [-0.25, -0.2) is 0 Å². The van der Waals surface area contributed by atoms with Crippen LogP contribution in [0.1, 0.15) is 35.7 Å². The summed E-state index contributed by atoms with van der Waals surface area (Å²) in [6.07, 6.45) is 0. The van der Waals surface area contributed by atoms with E-state index in [0.717, 1.165) is 5.56 Å². The molecule has 0 fully saturated rings. The van der Waals surface area contributed by atoms with Crippen LogP contribution in [-0.2, 0) is 0 Å². The summed E-state index contributed by atoms with van der Waals surface area (Å²) < 4.78 is 0. The molecule has 0 saturated carbocycles. The minimum Gasteiger partial charge on any atom is -0.394 e. The normalized spacial score (nSPS) is 10.9. The van der Waals surface area contributed by atoms with Crippen molar-refractivity contribution in [1.29, 1.82) is 0 Å². The molecule has 1 aromatic rings. The van der Waals surface area contributed by atoms with Gasteiger partial charge in [0.2, 0.25) is 0 Å². The van der Waals surface area contributed by atoms with E-state index in [2.05, 4.69) is 5.32 Å². The van der Waals surface area contributed by atoms with Crippen LogP contribution in [0, 0.1) is 0 Å². The zero-order valence-electron chi connectivity index (χ0n) is 10.2. The third-order valence-corrected chi connectivity index (χ3v) is 2.60. The molecule has 0 radical (unpaired) electrons. The SMILES string of the molecule is CC(C)c1ccccc1C(=O)NC(CO)CO. The molecule has 0 saturated heterocycles. The Hall–Kier alpha value is -1.39. The van der Waals surface area contributed by atoms with Gasteiger partial charge in [-0.2, -0.15) is 0 Å². The first-order valence-electron chi connectivity index (χ1n) is 5.71. The molecule has 3 N–H and O–H groups in total. The average Bonchev–Trinajstić information content (AvgIpc) is 2.35. The second kappa shape index (κ2) is 6.37. The van der Waals surface area contributed by atoms with Crippen LogP contribution in [0.2, 0.25) is 0 Å². The minimum absolute atomic E-state index is 0.249. The lowest BCUT2D eigenvalue weighted by molar-refractivity contribution is 0.0878. The van der Waals surface area contributed by atoms with Crippen molar-refractivity contribution >= 4 is 5.91 Å². The molecule has 1 amide bonds. The van der Waals surface area contributed by atoms with E-state index >= 15 is 0 Å². The number of hydrogen-bond donors (Lipinski definition) is 3. The molecule has 0 unspecified atom stereocenters. The summed E-state index contributed by atoms with van der Waals surface area (Å²) >= 11 is 0. The molecule has 17 heavy (non-hydrogen) atoms. The number of rotatable bonds is 5. The number of carbonyl (C=O) groups excluding carboxylic acids is 1. The molecule has 0 aliphatic rings. The van der Waals surface area contributed by atoms with Crippen LogP contribution in [0.5, 0.6) is 0 Å². The van der Waals surface area contributed by atoms with Crippen LogP contribution in [0.25, 0.3) is 0 Å². The van der Waals surface area contributed by atoms with Crippen molar-refractivity contribution in [3.63, 3.8) is 0 Å². The van der Waals surface area contributed by atoms with Gasteiger partial charge in [-0.05, 0) is 17.5 Å². The van der Waals surface area contributed by atoms with Gasteiger partial charge in [0.15, 0.2) is 0 Å². The van der Waals surface area contributed by atoms with E-state index < -0.39 is 6.04 Å². The van der Waals surface area contributed by atoms with Gasteiger partial charge in [-0.15, -0.1) is 0 Å². The number of amides is 1. The molecule has 1 aromatic carbocycles. The third kappa shape index (κ3) is 3.54. The standard InChI is InChI=1S/C13H19NO3/c1-9(2)11-5-3-4-6-12(11)13(17)14-10(7-15)8-16/h3-6,9-10,15-16H,7-8H2,1-2H3,(H,14,17). The maximum absolute atomic E-state index is 12.0. The summed E-state index contributed by atoms with van der Waals surface area (Å²) in [5.41, 5.74) is 1.55. The Kier molecular flexibility index (Phi) is 5.12. The second-order valence-corrected chi connectivity index (χ2v) is 4.28. The first-order chi connectivity index (χ1) is 8.10. The lowest BCUT2D eigenvalue weighted by Crippen LogP contribution is -2.40. The van der Waals surface area contributed by atoms with Gasteiger partial charge >= 0.3 is 0 Å². The predicted molar refractivity (Wildman–Crippen MR) is 66.0 cm³/mol. The van der Waals surface area contributed by atoms with E-state index in [9.17, 15) is 4.79 Å². The molecule has 0 bridgehead atoms. The maximum atomic E-state index is 12.0. The molecular formula is C13H19NO3. The van der Waals surface area contributed by atoms with Crippen molar-refractivity contribution in [2.45, 2.75) is 25.8 Å². The zero-order chi connectivity index (χ0) is 12.8. The minimum atomic E-state index is -0.609. The molecule has 0 aliphatic heterocycles. The molecule has 1 rings (SSSR count). The molecule has 94 valence electrons. The maximum Gasteiger partial charge on any atom is 0.251 e. The number of hydrogen-bond acceptors (Lipinski definition) is 3. The van der Waals surface area contributed by atoms with Crippen LogP contribution < -0.4 is 5.32 Å². The van der Waals surface area contributed by atoms with Gasteiger partial charge in [0.25, 0.3) is 5.91 Å². The van der Waals surface area contributed by atoms with Crippen LogP contribution in [0.3, 0.4) is 0 Å². The van der Waals surface area contributed by atoms with Gasteiger partial charge < -0.3 is 15.5 Å². The number of nitrogens with one attached hydrogen (secondary N) is 1. The fourth-order valence-corrected chi connectivity index (χ4v) is 1.62. The number of carbonyl (C=O) groups is 1. The summed E-state index contributed by atoms with van der Waals surface area (Å²) in [4.78, 5) is 12.0. The lowest BCUT2D eigenvalue weighted by atomic mass is 9.96. The second-order valence-electron chi connectivity index (χ2n) is 4.28. The van der Waals surface area contributed by atoms with E-state index in [1.165, 1.54) is 0 Å². The van der Waals surface area contributed by atoms with Gasteiger partial charge in [0.05, 0.1) is 19.3 Å². The Morgan fingerprint density at radius 1 is 1.24 bits per heavy atom. The summed E-state index contributed by atoms with van der Waals surface area (Å²) in [6, 6.07) is 6.74. The third-order valence-electron chi connectivity index (χ3n) is 2.60. The van der Waals surface area contributed by atoms with Crippen LogP contribution in [0.15, 0.2) is 24.3 Å². The molecule has 4 nitrogen and oxygen atoms in total. The molecule has 0 aliphatic carbocycles. The highest BCUT2D eigenvalue weighted by atomic mass is 16.3. The monoisotopic (exact) mass is 237 g/mol. The first kappa shape index (κ1) is 13.7. The fraction of sp³-hybridized carbons (Fsp3) is 0.462. The summed E-state index contributed by atoms with van der Waals surface area (Å²) in [6.45, 7) is 3.49. The molecule has 0 heterocycles. The Bertz CT molecular complexity index is 373. The Morgan fingerprint density at radius 2 is 1.82 bits per heavy atom. The van der Waals surface area contributed by atoms with Crippen molar-refractivity contribution in [3.05, 3.63) is 35.4 Å². The average molecular weight is 237 g/mol. The van der Waals surface area contributed by atoms with Crippen LogP contribution >= 0.6 is 0 Å². The summed E-state index contributed by atoms with van der Waals surface area (Å²) in [7, 11) is 0. The topological polar surface area (TPSA) is 69.6 Å². The van der Waals surface area contributed by atoms with Crippen molar-refractivity contribution in [3.8, 4) is 0 Å². The van der Waals surface area contributed by atoms with Crippen LogP contribution in [0.4, 0.5) is 0 Å². The van der Waals surface area contributed by atoms with E-state index in [1.807, 2.05) is 26.0 Å². The molecule has 4 heteroatoms. The highest BCUT2D eigenvalue weighted by Gasteiger charge is 2.16. The molecule has 0 spiro atoms. The van der Waals surface area contributed by atoms with E-state index in [-0.39, 0.29) is 25.0 Å². The molecular weight excluding hydrogens is 218 g/mol. The van der Waals surface area contributed by atoms with E-state index in [1.54, 1.807) is 12.1 Å².